The zero-order valence-corrected chi connectivity index (χ0v) is 12.5. The number of allylic oxidation sites excluding steroid dienone is 1. The van der Waals surface area contributed by atoms with E-state index >= 15 is 0 Å². The molecule has 0 aliphatic heterocycles. The Morgan fingerprint density at radius 1 is 1.00 bits per heavy atom. The summed E-state index contributed by atoms with van der Waals surface area (Å²) in [6.45, 7) is 18.9. The molecule has 0 amide bonds. The van der Waals surface area contributed by atoms with Crippen molar-refractivity contribution in [2.45, 2.75) is 66.3 Å². The van der Waals surface area contributed by atoms with Crippen LogP contribution in [0.25, 0.3) is 0 Å². The SMILES string of the molecule is C=C(CCCCN(C)C(C)(C)C)C(C)(C)C. The minimum absolute atomic E-state index is 0.274. The van der Waals surface area contributed by atoms with Crippen molar-refractivity contribution < 1.29 is 0 Å². The summed E-state index contributed by atoms with van der Waals surface area (Å²) < 4.78 is 0. The molecule has 0 aromatic carbocycles. The van der Waals surface area contributed by atoms with Gasteiger partial charge in [-0.05, 0) is 59.0 Å². The molecule has 0 fully saturated rings. The first-order valence-corrected chi connectivity index (χ1v) is 6.44. The number of hydrogen-bond acceptors (Lipinski definition) is 1. The lowest BCUT2D eigenvalue weighted by atomic mass is 9.85. The predicted molar refractivity (Wildman–Crippen MR) is 74.8 cm³/mol. The van der Waals surface area contributed by atoms with Crippen LogP contribution in [0.4, 0.5) is 0 Å². The lowest BCUT2D eigenvalue weighted by Crippen LogP contribution is -2.38. The summed E-state index contributed by atoms with van der Waals surface area (Å²) in [5.74, 6) is 0. The Hall–Kier alpha value is -0.300. The van der Waals surface area contributed by atoms with E-state index in [9.17, 15) is 0 Å². The molecule has 1 nitrogen and oxygen atoms in total. The Balaban J connectivity index is 3.74. The maximum Gasteiger partial charge on any atom is 0.0122 e. The summed E-state index contributed by atoms with van der Waals surface area (Å²) in [5, 5.41) is 0. The van der Waals surface area contributed by atoms with Crippen LogP contribution in [0.2, 0.25) is 0 Å². The van der Waals surface area contributed by atoms with Crippen LogP contribution in [0, 0.1) is 5.41 Å². The Labute approximate surface area is 103 Å². The monoisotopic (exact) mass is 225 g/mol. The van der Waals surface area contributed by atoms with Crippen LogP contribution in [0.3, 0.4) is 0 Å². The Morgan fingerprint density at radius 3 is 1.88 bits per heavy atom. The van der Waals surface area contributed by atoms with E-state index in [0.717, 1.165) is 0 Å². The van der Waals surface area contributed by atoms with Gasteiger partial charge >= 0.3 is 0 Å². The topological polar surface area (TPSA) is 3.24 Å². The number of unbranched alkanes of at least 4 members (excludes halogenated alkanes) is 1. The molecule has 0 aliphatic rings. The molecular weight excluding hydrogens is 194 g/mol. The van der Waals surface area contributed by atoms with Crippen molar-refractivity contribution >= 4 is 0 Å². The lowest BCUT2D eigenvalue weighted by molar-refractivity contribution is 0.172. The van der Waals surface area contributed by atoms with Crippen LogP contribution in [-0.4, -0.2) is 24.0 Å². The molecule has 0 saturated carbocycles. The first-order chi connectivity index (χ1) is 7.05. The minimum Gasteiger partial charge on any atom is -0.302 e. The summed E-state index contributed by atoms with van der Waals surface area (Å²) in [5.41, 5.74) is 1.95. The van der Waals surface area contributed by atoms with E-state index in [4.69, 9.17) is 0 Å². The van der Waals surface area contributed by atoms with Crippen LogP contribution < -0.4 is 0 Å². The fourth-order valence-corrected chi connectivity index (χ4v) is 1.40. The molecule has 96 valence electrons. The van der Waals surface area contributed by atoms with Crippen molar-refractivity contribution in [2.75, 3.05) is 13.6 Å². The van der Waals surface area contributed by atoms with Gasteiger partial charge in [-0.3, -0.25) is 0 Å². The van der Waals surface area contributed by atoms with Crippen LogP contribution >= 0.6 is 0 Å². The second kappa shape index (κ2) is 5.86. The molecular formula is C15H31N. The van der Waals surface area contributed by atoms with Gasteiger partial charge in [0.15, 0.2) is 0 Å². The molecule has 0 spiro atoms. The number of hydrogen-bond donors (Lipinski definition) is 0. The third-order valence-corrected chi connectivity index (χ3v) is 3.43. The molecule has 0 aromatic heterocycles. The van der Waals surface area contributed by atoms with E-state index < -0.39 is 0 Å². The average Bonchev–Trinajstić information content (AvgIpc) is 2.08. The molecule has 0 aromatic rings. The van der Waals surface area contributed by atoms with E-state index in [1.807, 2.05) is 0 Å². The summed E-state index contributed by atoms with van der Waals surface area (Å²) >= 11 is 0. The average molecular weight is 225 g/mol. The summed E-state index contributed by atoms with van der Waals surface area (Å²) in [6, 6.07) is 0. The molecule has 0 aliphatic carbocycles. The van der Waals surface area contributed by atoms with Crippen molar-refractivity contribution in [2.24, 2.45) is 5.41 Å². The summed E-state index contributed by atoms with van der Waals surface area (Å²) in [4.78, 5) is 2.42. The minimum atomic E-state index is 0.274. The maximum absolute atomic E-state index is 4.18. The van der Waals surface area contributed by atoms with Gasteiger partial charge < -0.3 is 4.90 Å². The van der Waals surface area contributed by atoms with Gasteiger partial charge in [0.25, 0.3) is 0 Å². The molecule has 0 saturated heterocycles. The fourth-order valence-electron chi connectivity index (χ4n) is 1.40. The lowest BCUT2D eigenvalue weighted by Gasteiger charge is -2.32. The van der Waals surface area contributed by atoms with Gasteiger partial charge in [-0.25, -0.2) is 0 Å². The first kappa shape index (κ1) is 15.7. The summed E-state index contributed by atoms with van der Waals surface area (Å²) in [7, 11) is 2.21. The Bertz CT molecular complexity index is 215. The van der Waals surface area contributed by atoms with E-state index in [2.05, 4.69) is 60.1 Å². The molecule has 0 unspecified atom stereocenters. The van der Waals surface area contributed by atoms with Gasteiger partial charge in [-0.2, -0.15) is 0 Å². The molecule has 0 N–H and O–H groups in total. The van der Waals surface area contributed by atoms with Crippen LogP contribution in [0.1, 0.15) is 60.8 Å². The maximum atomic E-state index is 4.18. The van der Waals surface area contributed by atoms with Crippen molar-refractivity contribution in [1.82, 2.24) is 4.90 Å². The molecule has 0 heterocycles. The molecule has 0 bridgehead atoms. The van der Waals surface area contributed by atoms with Crippen molar-refractivity contribution in [3.8, 4) is 0 Å². The van der Waals surface area contributed by atoms with Crippen molar-refractivity contribution in [1.29, 1.82) is 0 Å². The van der Waals surface area contributed by atoms with Gasteiger partial charge in [0, 0.05) is 5.54 Å². The molecule has 1 heteroatoms. The summed E-state index contributed by atoms with van der Waals surface area (Å²) in [6.07, 6.45) is 3.70. The highest BCUT2D eigenvalue weighted by molar-refractivity contribution is 5.04. The van der Waals surface area contributed by atoms with Crippen molar-refractivity contribution in [3.63, 3.8) is 0 Å². The van der Waals surface area contributed by atoms with Crippen molar-refractivity contribution in [3.05, 3.63) is 12.2 Å². The second-order valence-corrected chi connectivity index (χ2v) is 6.90. The highest BCUT2D eigenvalue weighted by Gasteiger charge is 2.17. The molecule has 0 radical (unpaired) electrons. The third kappa shape index (κ3) is 6.32. The first-order valence-electron chi connectivity index (χ1n) is 6.44. The van der Waals surface area contributed by atoms with E-state index in [1.54, 1.807) is 0 Å². The van der Waals surface area contributed by atoms with E-state index in [-0.39, 0.29) is 5.41 Å². The largest absolute Gasteiger partial charge is 0.302 e. The van der Waals surface area contributed by atoms with Gasteiger partial charge in [0.05, 0.1) is 0 Å². The van der Waals surface area contributed by atoms with Gasteiger partial charge in [0.2, 0.25) is 0 Å². The zero-order chi connectivity index (χ0) is 13.0. The van der Waals surface area contributed by atoms with Crippen LogP contribution in [0.5, 0.6) is 0 Å². The quantitative estimate of drug-likeness (QED) is 0.492. The highest BCUT2D eigenvalue weighted by Crippen LogP contribution is 2.27. The van der Waals surface area contributed by atoms with Gasteiger partial charge in [-0.15, -0.1) is 0 Å². The third-order valence-electron chi connectivity index (χ3n) is 3.43. The van der Waals surface area contributed by atoms with Gasteiger partial charge in [-0.1, -0.05) is 32.9 Å². The second-order valence-electron chi connectivity index (χ2n) is 6.90. The standard InChI is InChI=1S/C15H31N/c1-13(14(2,3)4)11-9-10-12-16(8)15(5,6)7/h1,9-12H2,2-8H3. The number of rotatable bonds is 5. The Morgan fingerprint density at radius 2 is 1.50 bits per heavy atom. The normalized spacial score (nSPS) is 13.2. The number of nitrogens with zero attached hydrogens (tertiary/aromatic N) is 1. The van der Waals surface area contributed by atoms with E-state index in [1.165, 1.54) is 31.4 Å². The zero-order valence-electron chi connectivity index (χ0n) is 12.5. The Kier molecular flexibility index (Phi) is 5.75. The van der Waals surface area contributed by atoms with Crippen LogP contribution in [0.15, 0.2) is 12.2 Å². The van der Waals surface area contributed by atoms with Gasteiger partial charge in [0.1, 0.15) is 0 Å². The smallest absolute Gasteiger partial charge is 0.0122 e. The van der Waals surface area contributed by atoms with Crippen LogP contribution in [-0.2, 0) is 0 Å². The van der Waals surface area contributed by atoms with E-state index in [0.29, 0.717) is 5.54 Å². The molecule has 0 atom stereocenters. The molecule has 16 heavy (non-hydrogen) atoms. The predicted octanol–water partition coefficient (Wildman–Crippen LogP) is 4.49. The highest BCUT2D eigenvalue weighted by atomic mass is 15.1. The molecule has 0 rings (SSSR count). The fraction of sp³-hybridized carbons (Fsp3) is 0.867.